The summed E-state index contributed by atoms with van der Waals surface area (Å²) in [5, 5.41) is 29.4. The van der Waals surface area contributed by atoms with Crippen LogP contribution in [0.3, 0.4) is 0 Å². The molecule has 0 aliphatic carbocycles. The minimum Gasteiger partial charge on any atom is -0.494 e. The Kier molecular flexibility index (Phi) is 20.0. The maximum atomic E-state index is 14.9. The number of likely N-dealkylation sites (tertiary alicyclic amines) is 1. The lowest BCUT2D eigenvalue weighted by molar-refractivity contribution is -0.137. The van der Waals surface area contributed by atoms with Gasteiger partial charge in [-0.1, -0.05) is 0 Å². The SMILES string of the molecule is COc1ccc(-c2cnc3c(Nc4ccc(C(=O)N5CCN(C(=O)[C@@H]6C[C@@H](O)CN6)CC5)c(C)c4)nccn23)c(F)c1F.COc1ccc(-c2cnc3c(Nc4ccc(C(=O)N5CCN(C(=O)[C@@H]6C[C@@H](O)CN6C(=O)OC(C)(C)C)CC5)c(C)c4)nccn23)c(F)c1F.Cl. The molecule has 4 aromatic carbocycles. The lowest BCUT2D eigenvalue weighted by atomic mass is 10.1. The van der Waals surface area contributed by atoms with Crippen molar-refractivity contribution >= 4 is 76.4 Å². The molecule has 4 aliphatic rings. The van der Waals surface area contributed by atoms with Gasteiger partial charge in [0.15, 0.2) is 46.1 Å². The summed E-state index contributed by atoms with van der Waals surface area (Å²) < 4.78 is 76.9. The van der Waals surface area contributed by atoms with Crippen LogP contribution in [0.1, 0.15) is 65.5 Å². The van der Waals surface area contributed by atoms with E-state index in [0.29, 0.717) is 115 Å². The molecular formula is C65H71ClF4N14O10. The molecule has 4 aromatic heterocycles. The molecule has 4 aliphatic heterocycles. The number of ether oxygens (including phenoxy) is 3. The van der Waals surface area contributed by atoms with Gasteiger partial charge in [-0.2, -0.15) is 8.78 Å². The fourth-order valence-corrected chi connectivity index (χ4v) is 11.9. The number of amides is 5. The minimum absolute atomic E-state index is 0. The van der Waals surface area contributed by atoms with E-state index in [-0.39, 0.29) is 90.8 Å². The third-order valence-corrected chi connectivity index (χ3v) is 16.7. The van der Waals surface area contributed by atoms with Gasteiger partial charge in [-0.3, -0.25) is 32.9 Å². The molecule has 4 atom stereocenters. The Balaban J connectivity index is 0.000000205. The molecule has 29 heteroatoms. The summed E-state index contributed by atoms with van der Waals surface area (Å²) in [6.45, 7) is 12.2. The molecule has 0 unspecified atom stereocenters. The van der Waals surface area contributed by atoms with Gasteiger partial charge in [0.2, 0.25) is 23.4 Å². The topological polar surface area (TPSA) is 266 Å². The van der Waals surface area contributed by atoms with Gasteiger partial charge in [0, 0.05) is 124 Å². The van der Waals surface area contributed by atoms with Crippen molar-refractivity contribution in [2.45, 2.75) is 77.4 Å². The number of piperazine rings is 2. The molecule has 0 bridgehead atoms. The number of halogens is 5. The Hall–Kier alpha value is -9.64. The van der Waals surface area contributed by atoms with Crippen LogP contribution in [-0.4, -0.2) is 203 Å². The van der Waals surface area contributed by atoms with Crippen LogP contribution in [0.15, 0.2) is 97.8 Å². The highest BCUT2D eigenvalue weighted by Gasteiger charge is 2.43. The van der Waals surface area contributed by atoms with Crippen molar-refractivity contribution < 1.29 is 66.0 Å². The smallest absolute Gasteiger partial charge is 0.411 e. The molecule has 12 rings (SSSR count). The lowest BCUT2D eigenvalue weighted by Crippen LogP contribution is -2.55. The van der Waals surface area contributed by atoms with Crippen molar-refractivity contribution in [3.8, 4) is 34.0 Å². The number of hydrogen-bond acceptors (Lipinski definition) is 17. The third kappa shape index (κ3) is 13.9. The standard InChI is InChI=1S/C35H39F2N7O6.C30H31F2N7O4.ClH/c1-20-16-21(40-30-31-39-18-26(43(31)11-10-38-30)24-8-9-27(49-5)29(37)28(24)36)6-7-23(20)32(46)41-12-14-42(15-13-41)33(47)25-17-22(45)19-44(25)34(48)50-35(2,3)4;1-17-13-18(3-4-20(17)29(41)37-9-11-38(12-10-37)30(42)22-14-19(40)15-34-22)36-27-28-35-16-23(39(28)8-7-33-27)21-5-6-24(43-2)26(32)25(21)31;/h6-11,16,18,22,25,45H,12-15,17,19H2,1-5H3,(H,38,40);3-8,13,16,19,22,34,40H,9-12,14-15H2,1-2H3,(H,33,36);1H/t22-,25+;19-,22+;/m11./s1. The highest BCUT2D eigenvalue weighted by Crippen LogP contribution is 2.35. The molecule has 94 heavy (non-hydrogen) atoms. The number of nitrogens with one attached hydrogen (secondary N) is 3. The summed E-state index contributed by atoms with van der Waals surface area (Å²) in [4.78, 5) is 91.4. The Morgan fingerprint density at radius 2 is 1.03 bits per heavy atom. The second kappa shape index (κ2) is 27.9. The predicted octanol–water partition coefficient (Wildman–Crippen LogP) is 7.55. The number of hydrogen-bond donors (Lipinski definition) is 5. The van der Waals surface area contributed by atoms with E-state index in [4.69, 9.17) is 14.2 Å². The van der Waals surface area contributed by atoms with Gasteiger partial charge in [-0.05, 0) is 113 Å². The number of β-amino-alcohol motifs (C(OH)–C–C–N with tert-alkyl or cyclic N) is 2. The summed E-state index contributed by atoms with van der Waals surface area (Å²) in [6.07, 6.45) is 7.68. The van der Waals surface area contributed by atoms with Crippen molar-refractivity contribution in [3.63, 3.8) is 0 Å². The van der Waals surface area contributed by atoms with E-state index in [0.717, 1.165) is 5.56 Å². The van der Waals surface area contributed by atoms with Crippen LogP contribution >= 0.6 is 12.4 Å². The number of imidazole rings is 2. The van der Waals surface area contributed by atoms with Gasteiger partial charge in [0.25, 0.3) is 11.8 Å². The van der Waals surface area contributed by atoms with Gasteiger partial charge >= 0.3 is 6.09 Å². The summed E-state index contributed by atoms with van der Waals surface area (Å²) in [5.74, 6) is -4.50. The maximum absolute atomic E-state index is 14.9. The third-order valence-electron chi connectivity index (χ3n) is 16.7. The zero-order chi connectivity index (χ0) is 66.2. The number of aromatic nitrogens is 6. The van der Waals surface area contributed by atoms with Gasteiger partial charge in [0.1, 0.15) is 11.6 Å². The molecule has 0 spiro atoms. The fourth-order valence-electron chi connectivity index (χ4n) is 11.9. The number of methoxy groups -OCH3 is 2. The summed E-state index contributed by atoms with van der Waals surface area (Å²) in [5.41, 5.74) is 4.56. The Labute approximate surface area is 543 Å². The molecule has 8 aromatic rings. The largest absolute Gasteiger partial charge is 0.494 e. The number of carbonyl (C=O) groups excluding carboxylic acids is 5. The molecular weight excluding hydrogens is 1250 g/mol. The molecule has 4 fully saturated rings. The molecule has 8 heterocycles. The second-order valence-corrected chi connectivity index (χ2v) is 24.0. The molecule has 0 saturated carbocycles. The number of nitrogens with zero attached hydrogens (tertiary/aromatic N) is 11. The quantitative estimate of drug-likeness (QED) is 0.0739. The lowest BCUT2D eigenvalue weighted by Gasteiger charge is -2.37. The van der Waals surface area contributed by atoms with E-state index in [2.05, 4.69) is 35.9 Å². The van der Waals surface area contributed by atoms with Crippen LogP contribution < -0.4 is 25.4 Å². The van der Waals surface area contributed by atoms with Crippen molar-refractivity contribution in [2.24, 2.45) is 0 Å². The first-order valence-electron chi connectivity index (χ1n) is 30.2. The molecule has 5 N–H and O–H groups in total. The first-order valence-corrected chi connectivity index (χ1v) is 30.2. The van der Waals surface area contributed by atoms with Gasteiger partial charge in [-0.25, -0.2) is 33.5 Å². The van der Waals surface area contributed by atoms with E-state index in [1.807, 2.05) is 19.9 Å². The van der Waals surface area contributed by atoms with Crippen molar-refractivity contribution in [2.75, 3.05) is 90.3 Å². The average molecular weight is 1320 g/mol. The van der Waals surface area contributed by atoms with Gasteiger partial charge < -0.3 is 60.0 Å². The summed E-state index contributed by atoms with van der Waals surface area (Å²) >= 11 is 0. The van der Waals surface area contributed by atoms with Crippen LogP contribution in [0, 0.1) is 37.1 Å². The monoisotopic (exact) mass is 1320 g/mol. The van der Waals surface area contributed by atoms with Crippen LogP contribution in [0.4, 0.5) is 45.4 Å². The fraction of sp³-hybridized carbons (Fsp3) is 0.369. The summed E-state index contributed by atoms with van der Waals surface area (Å²) in [6, 6.07) is 15.0. The van der Waals surface area contributed by atoms with Crippen molar-refractivity contribution in [3.05, 3.63) is 143 Å². The molecule has 5 amide bonds. The van der Waals surface area contributed by atoms with E-state index >= 15 is 0 Å². The van der Waals surface area contributed by atoms with Crippen molar-refractivity contribution in [1.82, 2.24) is 58.6 Å². The number of fused-ring (bicyclic) bond motifs is 2. The van der Waals surface area contributed by atoms with E-state index in [1.165, 1.54) is 68.2 Å². The first-order chi connectivity index (χ1) is 44.5. The zero-order valence-corrected chi connectivity index (χ0v) is 53.3. The summed E-state index contributed by atoms with van der Waals surface area (Å²) in [7, 11) is 2.53. The highest BCUT2D eigenvalue weighted by molar-refractivity contribution is 5.97. The number of benzene rings is 4. The Morgan fingerprint density at radius 1 is 0.585 bits per heavy atom. The molecule has 0 radical (unpaired) electrons. The van der Waals surface area contributed by atoms with Crippen LogP contribution in [0.5, 0.6) is 11.5 Å². The number of aliphatic hydroxyl groups excluding tert-OH is 2. The van der Waals surface area contributed by atoms with Crippen LogP contribution in [0.25, 0.3) is 33.8 Å². The van der Waals surface area contributed by atoms with Crippen LogP contribution in [-0.2, 0) is 14.3 Å². The predicted molar refractivity (Wildman–Crippen MR) is 341 cm³/mol. The molecule has 24 nitrogen and oxygen atoms in total. The van der Waals surface area contributed by atoms with Crippen molar-refractivity contribution in [1.29, 1.82) is 0 Å². The Morgan fingerprint density at radius 3 is 1.45 bits per heavy atom. The number of anilines is 4. The molecule has 496 valence electrons. The average Bonchev–Trinajstić information content (AvgIpc) is 1.61. The van der Waals surface area contributed by atoms with Gasteiger partial charge in [-0.15, -0.1) is 12.4 Å². The normalized spacial score (nSPS) is 18.2. The zero-order valence-electron chi connectivity index (χ0n) is 52.5. The maximum Gasteiger partial charge on any atom is 0.411 e. The minimum atomic E-state index is -1.09. The van der Waals surface area contributed by atoms with E-state index in [9.17, 15) is 51.7 Å². The highest BCUT2D eigenvalue weighted by atomic mass is 35.5. The number of aliphatic hydroxyl groups is 2. The van der Waals surface area contributed by atoms with E-state index < -0.39 is 53.2 Å². The number of rotatable bonds is 12. The first kappa shape index (κ1) is 67.3. The van der Waals surface area contributed by atoms with E-state index in [1.54, 1.807) is 91.9 Å². The van der Waals surface area contributed by atoms with Gasteiger partial charge in [0.05, 0.1) is 62.8 Å². The number of carbonyl (C=O) groups is 5. The van der Waals surface area contributed by atoms with Crippen LogP contribution in [0.2, 0.25) is 0 Å². The number of aryl methyl sites for hydroxylation is 2. The molecule has 4 saturated heterocycles. The Bertz CT molecular complexity index is 4190. The second-order valence-electron chi connectivity index (χ2n) is 24.0.